The van der Waals surface area contributed by atoms with Crippen LogP contribution in [0.5, 0.6) is 0 Å². The number of terminal acetylenes is 1. The van der Waals surface area contributed by atoms with E-state index < -0.39 is 5.41 Å². The van der Waals surface area contributed by atoms with Crippen LogP contribution in [0.15, 0.2) is 83.5 Å². The number of benzene rings is 2. The van der Waals surface area contributed by atoms with Gasteiger partial charge in [0.05, 0.1) is 12.1 Å². The molecule has 2 aromatic carbocycles. The lowest BCUT2D eigenvalue weighted by molar-refractivity contribution is -0.121. The molecule has 0 radical (unpaired) electrons. The number of rotatable bonds is 13. The summed E-state index contributed by atoms with van der Waals surface area (Å²) in [5, 5.41) is 9.68. The van der Waals surface area contributed by atoms with Gasteiger partial charge in [0.25, 0.3) is 0 Å². The Kier molecular flexibility index (Phi) is 18.5. The lowest BCUT2D eigenvalue weighted by Gasteiger charge is -2.24. The maximum absolute atomic E-state index is 13.4. The molecular weight excluding hydrogens is 694 g/mol. The molecular formula is C43H58FN9O2. The highest BCUT2D eigenvalue weighted by atomic mass is 19.1. The Labute approximate surface area is 326 Å². The number of carbonyl (C=O) groups is 2. The monoisotopic (exact) mass is 751 g/mol. The van der Waals surface area contributed by atoms with E-state index in [1.807, 2.05) is 77.1 Å². The molecule has 294 valence electrons. The molecule has 0 spiro atoms. The van der Waals surface area contributed by atoms with Gasteiger partial charge in [0.1, 0.15) is 22.9 Å². The molecule has 55 heavy (non-hydrogen) atoms. The Morgan fingerprint density at radius 2 is 1.78 bits per heavy atom. The average molecular weight is 752 g/mol. The fourth-order valence-corrected chi connectivity index (χ4v) is 6.12. The number of nitrogens with one attached hydrogen (secondary N) is 5. The van der Waals surface area contributed by atoms with Crippen LogP contribution in [0.2, 0.25) is 0 Å². The first-order chi connectivity index (χ1) is 26.4. The summed E-state index contributed by atoms with van der Waals surface area (Å²) < 4.78 is 12.6. The van der Waals surface area contributed by atoms with E-state index in [1.54, 1.807) is 12.1 Å². The third kappa shape index (κ3) is 11.6. The second kappa shape index (κ2) is 22.4. The number of hydrazine groups is 2. The van der Waals surface area contributed by atoms with E-state index >= 15 is 0 Å². The minimum Gasteiger partial charge on any atom is -0.383 e. The van der Waals surface area contributed by atoms with Crippen LogP contribution >= 0.6 is 0 Å². The number of hydrazone groups is 1. The van der Waals surface area contributed by atoms with E-state index in [0.29, 0.717) is 53.9 Å². The summed E-state index contributed by atoms with van der Waals surface area (Å²) in [5.41, 5.74) is 19.4. The molecule has 11 nitrogen and oxygen atoms in total. The number of halogens is 1. The number of amidine groups is 1. The molecule has 1 aromatic heterocycles. The standard InChI is InChI=1S/C31H41N9O2.C8H9F.C2H6.C2H2/c1-7-9-18(3)19(4)23(10-8-2)20(5)28-34-27(32)26-29(35-28)36-30(42)31(26,6)22-14-11-21(12-15-22)13-16-25(41)33-17-24-37-39-40-38-24;1-2-7-5-3-4-6-8(7)9;2*1-2/h8,10-12,14-15,18,39-40H,5,7,9,13,16-17H2,1-4,6H3,(H,33,41)(H,37,38)(H3,32,34,35,36,42);3-6H,2H2,1H3;1-2H3;1-2H/b10-8-,23-19-;;;/t18?,31-;;;/m0.../s1. The summed E-state index contributed by atoms with van der Waals surface area (Å²) in [4.78, 5) is 35.0. The molecule has 0 saturated carbocycles. The first-order valence-corrected chi connectivity index (χ1v) is 18.7. The molecule has 3 heterocycles. The number of aromatic nitrogens is 2. The topological polar surface area (TPSA) is 158 Å². The van der Waals surface area contributed by atoms with Gasteiger partial charge >= 0.3 is 0 Å². The molecule has 2 amide bonds. The molecule has 12 heteroatoms. The van der Waals surface area contributed by atoms with Gasteiger partial charge in [-0.05, 0) is 74.3 Å². The Morgan fingerprint density at radius 1 is 1.11 bits per heavy atom. The number of allylic oxidation sites excluding steroid dienone is 5. The van der Waals surface area contributed by atoms with E-state index in [-0.39, 0.29) is 23.4 Å². The number of nitrogen functional groups attached to an aromatic ring is 1. The normalized spacial score (nSPS) is 16.1. The van der Waals surface area contributed by atoms with Crippen LogP contribution in [-0.4, -0.2) is 34.2 Å². The van der Waals surface area contributed by atoms with Crippen molar-refractivity contribution < 1.29 is 14.0 Å². The largest absolute Gasteiger partial charge is 0.383 e. The smallest absolute Gasteiger partial charge is 0.240 e. The number of aryl methyl sites for hydroxylation is 2. The summed E-state index contributed by atoms with van der Waals surface area (Å²) in [7, 11) is 0. The predicted octanol–water partition coefficient (Wildman–Crippen LogP) is 7.30. The van der Waals surface area contributed by atoms with Crippen molar-refractivity contribution in [2.45, 2.75) is 92.9 Å². The Hall–Kier alpha value is -5.80. The second-order valence-corrected chi connectivity index (χ2v) is 12.8. The first-order valence-electron chi connectivity index (χ1n) is 18.7. The third-order valence-corrected chi connectivity index (χ3v) is 9.35. The van der Waals surface area contributed by atoms with Crippen molar-refractivity contribution in [1.29, 1.82) is 0 Å². The maximum atomic E-state index is 13.4. The van der Waals surface area contributed by atoms with Gasteiger partial charge in [-0.3, -0.25) is 15.0 Å². The highest BCUT2D eigenvalue weighted by Crippen LogP contribution is 2.45. The van der Waals surface area contributed by atoms with Crippen LogP contribution in [0.1, 0.15) is 103 Å². The molecule has 1 unspecified atom stereocenters. The van der Waals surface area contributed by atoms with Crippen LogP contribution in [0.3, 0.4) is 0 Å². The van der Waals surface area contributed by atoms with Crippen molar-refractivity contribution in [3.8, 4) is 12.8 Å². The fraction of sp³-hybridized carbons (Fsp3) is 0.372. The van der Waals surface area contributed by atoms with E-state index in [2.05, 4.69) is 77.4 Å². The molecule has 2 aliphatic rings. The lowest BCUT2D eigenvalue weighted by Crippen LogP contribution is -2.40. The van der Waals surface area contributed by atoms with Crippen LogP contribution in [0.25, 0.3) is 5.57 Å². The van der Waals surface area contributed by atoms with Gasteiger partial charge < -0.3 is 16.4 Å². The molecule has 0 aliphatic carbocycles. The van der Waals surface area contributed by atoms with Crippen molar-refractivity contribution in [3.63, 3.8) is 0 Å². The van der Waals surface area contributed by atoms with Gasteiger partial charge in [-0.2, -0.15) is 0 Å². The highest BCUT2D eigenvalue weighted by Gasteiger charge is 2.47. The van der Waals surface area contributed by atoms with E-state index in [4.69, 9.17) is 10.7 Å². The summed E-state index contributed by atoms with van der Waals surface area (Å²) in [6.45, 7) is 20.9. The molecule has 2 aliphatic heterocycles. The molecule has 2 atom stereocenters. The third-order valence-electron chi connectivity index (χ3n) is 9.35. The van der Waals surface area contributed by atoms with Gasteiger partial charge in [-0.25, -0.2) is 19.9 Å². The average Bonchev–Trinajstić information content (AvgIpc) is 3.82. The van der Waals surface area contributed by atoms with Crippen LogP contribution in [-0.2, 0) is 27.8 Å². The molecule has 5 rings (SSSR count). The van der Waals surface area contributed by atoms with Gasteiger partial charge in [-0.1, -0.05) is 108 Å². The number of hydrogen-bond acceptors (Lipinski definition) is 9. The molecule has 0 fully saturated rings. The second-order valence-electron chi connectivity index (χ2n) is 12.8. The van der Waals surface area contributed by atoms with Crippen molar-refractivity contribution in [2.75, 3.05) is 17.6 Å². The van der Waals surface area contributed by atoms with Gasteiger partial charge in [0, 0.05) is 12.0 Å². The zero-order valence-corrected chi connectivity index (χ0v) is 33.6. The molecule has 0 bridgehead atoms. The molecule has 0 saturated heterocycles. The van der Waals surface area contributed by atoms with Crippen molar-refractivity contribution in [2.24, 2.45) is 11.0 Å². The Morgan fingerprint density at radius 3 is 2.35 bits per heavy atom. The minimum atomic E-state index is -1.07. The van der Waals surface area contributed by atoms with E-state index in [9.17, 15) is 14.0 Å². The highest BCUT2D eigenvalue weighted by molar-refractivity contribution is 6.09. The fourth-order valence-electron chi connectivity index (χ4n) is 6.12. The van der Waals surface area contributed by atoms with Gasteiger partial charge in [0.2, 0.25) is 11.8 Å². The first kappa shape index (κ1) is 45.4. The van der Waals surface area contributed by atoms with Gasteiger partial charge in [-0.15, -0.1) is 23.5 Å². The molecule has 7 N–H and O–H groups in total. The number of amides is 2. The zero-order chi connectivity index (χ0) is 41.1. The summed E-state index contributed by atoms with van der Waals surface area (Å²) >= 11 is 0. The number of nitrogens with two attached hydrogens (primary N) is 1. The zero-order valence-electron chi connectivity index (χ0n) is 33.6. The van der Waals surface area contributed by atoms with E-state index in [1.165, 1.54) is 11.6 Å². The Bertz CT molecular complexity index is 1880. The minimum absolute atomic E-state index is 0.0868. The molecule has 3 aromatic rings. The number of hydrogen-bond donors (Lipinski definition) is 6. The number of anilines is 2. The summed E-state index contributed by atoms with van der Waals surface area (Å²) in [5.74, 6) is 1.60. The summed E-state index contributed by atoms with van der Waals surface area (Å²) in [6.07, 6.45) is 15.8. The lowest BCUT2D eigenvalue weighted by atomic mass is 9.77. The van der Waals surface area contributed by atoms with Crippen molar-refractivity contribution in [1.82, 2.24) is 31.8 Å². The van der Waals surface area contributed by atoms with Gasteiger partial charge in [0.15, 0.2) is 11.7 Å². The number of fused-ring (bicyclic) bond motifs is 1. The van der Waals surface area contributed by atoms with Crippen LogP contribution < -0.4 is 32.9 Å². The number of carbonyl (C=O) groups excluding carboxylic acids is 2. The maximum Gasteiger partial charge on any atom is 0.240 e. The van der Waals surface area contributed by atoms with Crippen LogP contribution in [0, 0.1) is 24.6 Å². The van der Waals surface area contributed by atoms with Crippen LogP contribution in [0.4, 0.5) is 16.0 Å². The van der Waals surface area contributed by atoms with Crippen molar-refractivity contribution >= 4 is 34.9 Å². The van der Waals surface area contributed by atoms with Crippen molar-refractivity contribution in [3.05, 3.63) is 112 Å². The quantitative estimate of drug-likeness (QED) is 0.0785. The Balaban J connectivity index is 0.000000690. The summed E-state index contributed by atoms with van der Waals surface area (Å²) in [6, 6.07) is 14.5. The number of nitrogens with zero attached hydrogens (tertiary/aromatic N) is 3. The SMILES string of the molecule is C#C.C=C(C(/C=C\C)=C(/C)C(C)CCC)c1nc(N)c2c(n1)NC(=O)[C@@]2(C)c1ccc(CCC(=O)NCC2=NNNN2)cc1.CC.CCc1ccccc1F. The predicted molar refractivity (Wildman–Crippen MR) is 224 cm³/mol. The van der Waals surface area contributed by atoms with E-state index in [0.717, 1.165) is 41.5 Å².